The second-order valence-corrected chi connectivity index (χ2v) is 2.74. The van der Waals surface area contributed by atoms with E-state index >= 15 is 0 Å². The van der Waals surface area contributed by atoms with Crippen molar-refractivity contribution >= 4 is 11.5 Å². The van der Waals surface area contributed by atoms with Gasteiger partial charge in [-0.2, -0.15) is 0 Å². The lowest BCUT2D eigenvalue weighted by molar-refractivity contribution is 0.857. The van der Waals surface area contributed by atoms with Gasteiger partial charge in [-0.05, 0) is 12.5 Å². The summed E-state index contributed by atoms with van der Waals surface area (Å²) in [5.41, 5.74) is 6.43. The minimum absolute atomic E-state index is 0.0572. The van der Waals surface area contributed by atoms with E-state index in [-0.39, 0.29) is 6.04 Å². The number of nitrogens with one attached hydrogen (secondary N) is 1. The first-order chi connectivity index (χ1) is 6.26. The second kappa shape index (κ2) is 4.36. The maximum absolute atomic E-state index is 5.51. The van der Waals surface area contributed by atoms with Crippen LogP contribution in [0.15, 0.2) is 18.3 Å². The molecule has 0 aliphatic heterocycles. The lowest BCUT2D eigenvalue weighted by atomic mass is 10.2. The quantitative estimate of drug-likeness (QED) is 0.684. The molecule has 0 radical (unpaired) electrons. The van der Waals surface area contributed by atoms with Crippen LogP contribution in [0.25, 0.3) is 0 Å². The largest absolute Gasteiger partial charge is 0.384 e. The number of hydrogen-bond donors (Lipinski definition) is 2. The standard InChI is InChI=1S/C10H13N3/c1-3-8(4-2)13-9-5-6-12-10(11)7-9/h1,5-8H,4H2,2H3,(H3,11,12,13). The highest BCUT2D eigenvalue weighted by atomic mass is 14.9. The highest BCUT2D eigenvalue weighted by Gasteiger charge is 2.00. The minimum Gasteiger partial charge on any atom is -0.384 e. The molecule has 3 N–H and O–H groups in total. The van der Waals surface area contributed by atoms with E-state index < -0.39 is 0 Å². The Labute approximate surface area is 78.4 Å². The molecule has 0 aromatic carbocycles. The van der Waals surface area contributed by atoms with Gasteiger partial charge in [0.15, 0.2) is 0 Å². The molecule has 3 nitrogen and oxygen atoms in total. The van der Waals surface area contributed by atoms with Crippen molar-refractivity contribution in [2.45, 2.75) is 19.4 Å². The lowest BCUT2D eigenvalue weighted by Crippen LogP contribution is -2.15. The van der Waals surface area contributed by atoms with E-state index in [4.69, 9.17) is 12.2 Å². The van der Waals surface area contributed by atoms with Crippen molar-refractivity contribution in [1.29, 1.82) is 0 Å². The summed E-state index contributed by atoms with van der Waals surface area (Å²) in [4.78, 5) is 3.88. The third kappa shape index (κ3) is 2.68. The number of rotatable bonds is 3. The van der Waals surface area contributed by atoms with E-state index in [9.17, 15) is 0 Å². The third-order valence-electron chi connectivity index (χ3n) is 1.73. The van der Waals surface area contributed by atoms with Gasteiger partial charge in [-0.1, -0.05) is 12.8 Å². The van der Waals surface area contributed by atoms with Crippen LogP contribution in [-0.4, -0.2) is 11.0 Å². The normalized spacial score (nSPS) is 11.7. The molecule has 1 unspecified atom stereocenters. The van der Waals surface area contributed by atoms with Gasteiger partial charge < -0.3 is 11.1 Å². The van der Waals surface area contributed by atoms with Crippen LogP contribution in [-0.2, 0) is 0 Å². The average molecular weight is 175 g/mol. The molecular weight excluding hydrogens is 162 g/mol. The van der Waals surface area contributed by atoms with Crippen molar-refractivity contribution in [3.05, 3.63) is 18.3 Å². The Morgan fingerprint density at radius 3 is 3.08 bits per heavy atom. The molecule has 0 amide bonds. The first-order valence-electron chi connectivity index (χ1n) is 4.20. The highest BCUT2D eigenvalue weighted by Crippen LogP contribution is 2.10. The predicted octanol–water partition coefficient (Wildman–Crippen LogP) is 1.49. The fraction of sp³-hybridized carbons (Fsp3) is 0.300. The summed E-state index contributed by atoms with van der Waals surface area (Å²) in [6.07, 6.45) is 7.85. The zero-order valence-electron chi connectivity index (χ0n) is 7.62. The van der Waals surface area contributed by atoms with Crippen LogP contribution in [0, 0.1) is 12.3 Å². The number of terminal acetylenes is 1. The number of nitrogen functional groups attached to an aromatic ring is 1. The Hall–Kier alpha value is -1.69. The maximum Gasteiger partial charge on any atom is 0.125 e. The van der Waals surface area contributed by atoms with Crippen molar-refractivity contribution < 1.29 is 0 Å². The van der Waals surface area contributed by atoms with E-state index in [0.29, 0.717) is 5.82 Å². The molecule has 0 aliphatic rings. The molecule has 1 heterocycles. The van der Waals surface area contributed by atoms with Crippen molar-refractivity contribution in [1.82, 2.24) is 4.98 Å². The Balaban J connectivity index is 2.69. The number of pyridine rings is 1. The molecule has 1 atom stereocenters. The average Bonchev–Trinajstić information content (AvgIpc) is 2.14. The van der Waals surface area contributed by atoms with Crippen molar-refractivity contribution in [2.75, 3.05) is 11.1 Å². The minimum atomic E-state index is 0.0572. The van der Waals surface area contributed by atoms with Gasteiger partial charge in [0.25, 0.3) is 0 Å². The zero-order chi connectivity index (χ0) is 9.68. The Morgan fingerprint density at radius 1 is 1.77 bits per heavy atom. The molecule has 68 valence electrons. The molecular formula is C10H13N3. The Bertz CT molecular complexity index is 314. The molecule has 0 saturated heterocycles. The van der Waals surface area contributed by atoms with E-state index in [2.05, 4.69) is 16.2 Å². The SMILES string of the molecule is C#CC(CC)Nc1ccnc(N)c1. The number of anilines is 2. The van der Waals surface area contributed by atoms with Gasteiger partial charge in [-0.15, -0.1) is 6.42 Å². The second-order valence-electron chi connectivity index (χ2n) is 2.74. The summed E-state index contributed by atoms with van der Waals surface area (Å²) in [6.45, 7) is 2.03. The first kappa shape index (κ1) is 9.40. The highest BCUT2D eigenvalue weighted by molar-refractivity contribution is 5.51. The van der Waals surface area contributed by atoms with Crippen molar-refractivity contribution in [2.24, 2.45) is 0 Å². The molecule has 1 aromatic rings. The first-order valence-corrected chi connectivity index (χ1v) is 4.20. The van der Waals surface area contributed by atoms with E-state index in [0.717, 1.165) is 12.1 Å². The molecule has 3 heteroatoms. The van der Waals surface area contributed by atoms with Crippen LogP contribution in [0.4, 0.5) is 11.5 Å². The third-order valence-corrected chi connectivity index (χ3v) is 1.73. The topological polar surface area (TPSA) is 50.9 Å². The molecule has 1 rings (SSSR count). The Kier molecular flexibility index (Phi) is 3.15. The summed E-state index contributed by atoms with van der Waals surface area (Å²) in [6, 6.07) is 3.66. The van der Waals surface area contributed by atoms with Crippen LogP contribution in [0.1, 0.15) is 13.3 Å². The van der Waals surface area contributed by atoms with Crippen LogP contribution in [0.2, 0.25) is 0 Å². The van der Waals surface area contributed by atoms with Crippen LogP contribution in [0.3, 0.4) is 0 Å². The number of nitrogens with zero attached hydrogens (tertiary/aromatic N) is 1. The fourth-order valence-corrected chi connectivity index (χ4v) is 1.00. The zero-order valence-corrected chi connectivity index (χ0v) is 7.62. The number of aromatic nitrogens is 1. The molecule has 13 heavy (non-hydrogen) atoms. The molecule has 0 aliphatic carbocycles. The van der Waals surface area contributed by atoms with Gasteiger partial charge in [0.1, 0.15) is 5.82 Å². The summed E-state index contributed by atoms with van der Waals surface area (Å²) < 4.78 is 0. The monoisotopic (exact) mass is 175 g/mol. The van der Waals surface area contributed by atoms with Gasteiger partial charge in [-0.3, -0.25) is 0 Å². The van der Waals surface area contributed by atoms with Gasteiger partial charge in [-0.25, -0.2) is 4.98 Å². The lowest BCUT2D eigenvalue weighted by Gasteiger charge is -2.11. The summed E-state index contributed by atoms with van der Waals surface area (Å²) in [5, 5.41) is 3.16. The van der Waals surface area contributed by atoms with Crippen LogP contribution >= 0.6 is 0 Å². The van der Waals surface area contributed by atoms with Gasteiger partial charge in [0, 0.05) is 18.0 Å². The Morgan fingerprint density at radius 2 is 2.54 bits per heavy atom. The van der Waals surface area contributed by atoms with E-state index in [1.165, 1.54) is 0 Å². The summed E-state index contributed by atoms with van der Waals surface area (Å²) in [7, 11) is 0. The van der Waals surface area contributed by atoms with Gasteiger partial charge in [0.05, 0.1) is 6.04 Å². The predicted molar refractivity (Wildman–Crippen MR) is 55.2 cm³/mol. The molecule has 0 fully saturated rings. The van der Waals surface area contributed by atoms with Gasteiger partial charge >= 0.3 is 0 Å². The van der Waals surface area contributed by atoms with Gasteiger partial charge in [0.2, 0.25) is 0 Å². The maximum atomic E-state index is 5.51. The summed E-state index contributed by atoms with van der Waals surface area (Å²) >= 11 is 0. The number of hydrogen-bond acceptors (Lipinski definition) is 3. The van der Waals surface area contributed by atoms with Crippen molar-refractivity contribution in [3.8, 4) is 12.3 Å². The smallest absolute Gasteiger partial charge is 0.125 e. The number of nitrogens with two attached hydrogens (primary N) is 1. The van der Waals surface area contributed by atoms with Crippen molar-refractivity contribution in [3.63, 3.8) is 0 Å². The molecule has 0 bridgehead atoms. The fourth-order valence-electron chi connectivity index (χ4n) is 1.00. The van der Waals surface area contributed by atoms with Crippen LogP contribution < -0.4 is 11.1 Å². The van der Waals surface area contributed by atoms with E-state index in [1.807, 2.05) is 13.0 Å². The molecule has 0 saturated carbocycles. The van der Waals surface area contributed by atoms with E-state index in [1.54, 1.807) is 12.3 Å². The molecule has 1 aromatic heterocycles. The molecule has 0 spiro atoms. The van der Waals surface area contributed by atoms with Crippen LogP contribution in [0.5, 0.6) is 0 Å². The summed E-state index contributed by atoms with van der Waals surface area (Å²) in [5.74, 6) is 3.14.